The van der Waals surface area contributed by atoms with Gasteiger partial charge >= 0.3 is 5.97 Å². The monoisotopic (exact) mass is 433 g/mol. The molecule has 2 N–H and O–H groups in total. The Morgan fingerprint density at radius 3 is 2.59 bits per heavy atom. The van der Waals surface area contributed by atoms with Gasteiger partial charge in [0.15, 0.2) is 5.69 Å². The first-order valence-electron chi connectivity index (χ1n) is 11.7. The largest absolute Gasteiger partial charge is 0.476 e. The molecule has 1 saturated heterocycles. The average Bonchev–Trinajstić information content (AvgIpc) is 3.31. The number of piperazine rings is 1. The van der Waals surface area contributed by atoms with Crippen LogP contribution in [0, 0.1) is 0 Å². The minimum absolute atomic E-state index is 0.222. The smallest absolute Gasteiger partial charge is 0.355 e. The van der Waals surface area contributed by atoms with Gasteiger partial charge in [-0.2, -0.15) is 0 Å². The standard InChI is InChI=1S/C25H31N5O2/c1-2-28-13-15-29(16-14-28)22-9-7-18(19-5-3-4-6-20(19)22)17-27-21-8-10-23-26-11-12-30(23)24(21)25(31)32/h7-12,27H,2-6,13-17H2,1H3,(H,31,32). The van der Waals surface area contributed by atoms with Crippen molar-refractivity contribution in [2.45, 2.75) is 39.2 Å². The third kappa shape index (κ3) is 3.81. The van der Waals surface area contributed by atoms with E-state index in [9.17, 15) is 9.90 Å². The summed E-state index contributed by atoms with van der Waals surface area (Å²) in [6, 6.07) is 8.21. The predicted molar refractivity (Wildman–Crippen MR) is 127 cm³/mol. The van der Waals surface area contributed by atoms with Crippen molar-refractivity contribution < 1.29 is 9.90 Å². The lowest BCUT2D eigenvalue weighted by atomic mass is 9.86. The number of carboxylic acid groups (broad SMARTS) is 1. The van der Waals surface area contributed by atoms with Gasteiger partial charge in [0.2, 0.25) is 0 Å². The van der Waals surface area contributed by atoms with Gasteiger partial charge in [-0.05, 0) is 67.1 Å². The fourth-order valence-electron chi connectivity index (χ4n) is 5.24. The Bertz CT molecular complexity index is 1130. The van der Waals surface area contributed by atoms with E-state index in [4.69, 9.17) is 0 Å². The van der Waals surface area contributed by atoms with Crippen LogP contribution in [0.15, 0.2) is 36.7 Å². The zero-order chi connectivity index (χ0) is 22.1. The molecule has 0 radical (unpaired) electrons. The zero-order valence-corrected chi connectivity index (χ0v) is 18.7. The minimum Gasteiger partial charge on any atom is -0.476 e. The number of nitrogens with one attached hydrogen (secondary N) is 1. The molecule has 7 nitrogen and oxygen atoms in total. The first-order valence-corrected chi connectivity index (χ1v) is 11.7. The Morgan fingerprint density at radius 1 is 1.06 bits per heavy atom. The van der Waals surface area contributed by atoms with Crippen molar-refractivity contribution in [3.05, 3.63) is 59.0 Å². The van der Waals surface area contributed by atoms with Gasteiger partial charge in [-0.3, -0.25) is 4.40 Å². The van der Waals surface area contributed by atoms with E-state index < -0.39 is 5.97 Å². The predicted octanol–water partition coefficient (Wildman–Crippen LogP) is 3.67. The van der Waals surface area contributed by atoms with E-state index in [0.717, 1.165) is 45.6 Å². The lowest BCUT2D eigenvalue weighted by Crippen LogP contribution is -2.46. The van der Waals surface area contributed by atoms with E-state index in [-0.39, 0.29) is 5.69 Å². The summed E-state index contributed by atoms with van der Waals surface area (Å²) >= 11 is 0. The summed E-state index contributed by atoms with van der Waals surface area (Å²) in [6.45, 7) is 8.41. The van der Waals surface area contributed by atoms with Crippen molar-refractivity contribution in [2.75, 3.05) is 42.9 Å². The number of carbonyl (C=O) groups is 1. The molecule has 3 aromatic rings. The fourth-order valence-corrected chi connectivity index (χ4v) is 5.24. The number of pyridine rings is 1. The summed E-state index contributed by atoms with van der Waals surface area (Å²) in [6.07, 6.45) is 8.01. The van der Waals surface area contributed by atoms with E-state index in [1.165, 1.54) is 35.2 Å². The van der Waals surface area contributed by atoms with Crippen molar-refractivity contribution in [3.63, 3.8) is 0 Å². The number of nitrogens with zero attached hydrogens (tertiary/aromatic N) is 4. The summed E-state index contributed by atoms with van der Waals surface area (Å²) in [5.74, 6) is -0.959. The molecule has 0 atom stereocenters. The summed E-state index contributed by atoms with van der Waals surface area (Å²) in [4.78, 5) is 21.2. The fraction of sp³-hybridized carbons (Fsp3) is 0.440. The number of fused-ring (bicyclic) bond motifs is 2. The maximum absolute atomic E-state index is 11.9. The third-order valence-electron chi connectivity index (χ3n) is 7.00. The number of benzene rings is 1. The quantitative estimate of drug-likeness (QED) is 0.618. The van der Waals surface area contributed by atoms with Crippen LogP contribution in [0.3, 0.4) is 0 Å². The Kier molecular flexibility index (Phi) is 5.74. The number of hydrogen-bond donors (Lipinski definition) is 2. The van der Waals surface area contributed by atoms with Crippen molar-refractivity contribution in [1.29, 1.82) is 0 Å². The molecule has 32 heavy (non-hydrogen) atoms. The summed E-state index contributed by atoms with van der Waals surface area (Å²) in [5.41, 5.74) is 7.12. The van der Waals surface area contributed by atoms with Gasteiger partial charge < -0.3 is 20.2 Å². The molecule has 3 heterocycles. The van der Waals surface area contributed by atoms with Gasteiger partial charge in [0.25, 0.3) is 0 Å². The molecule has 0 unspecified atom stereocenters. The van der Waals surface area contributed by atoms with Crippen LogP contribution in [0.1, 0.15) is 46.9 Å². The average molecular weight is 434 g/mol. The van der Waals surface area contributed by atoms with Crippen LogP contribution in [0.25, 0.3) is 5.65 Å². The number of aromatic carboxylic acids is 1. The second kappa shape index (κ2) is 8.82. The molecule has 2 aliphatic rings. The number of carboxylic acids is 1. The molecule has 2 aromatic heterocycles. The number of hydrogen-bond acceptors (Lipinski definition) is 5. The lowest BCUT2D eigenvalue weighted by Gasteiger charge is -2.38. The van der Waals surface area contributed by atoms with Gasteiger partial charge in [0.05, 0.1) is 5.69 Å². The van der Waals surface area contributed by atoms with Crippen LogP contribution in [0.4, 0.5) is 11.4 Å². The van der Waals surface area contributed by atoms with Gasteiger partial charge in [0, 0.05) is 50.8 Å². The maximum Gasteiger partial charge on any atom is 0.355 e. The first kappa shape index (κ1) is 20.8. The van der Waals surface area contributed by atoms with Crippen LogP contribution < -0.4 is 10.2 Å². The molecule has 1 aliphatic carbocycles. The summed E-state index contributed by atoms with van der Waals surface area (Å²) < 4.78 is 1.62. The molecule has 1 fully saturated rings. The second-order valence-electron chi connectivity index (χ2n) is 8.74. The van der Waals surface area contributed by atoms with E-state index >= 15 is 0 Å². The highest BCUT2D eigenvalue weighted by molar-refractivity contribution is 5.93. The Hall–Kier alpha value is -3.06. The van der Waals surface area contributed by atoms with E-state index in [2.05, 4.69) is 39.2 Å². The number of likely N-dealkylation sites (N-methyl/N-ethyl adjacent to an activating group) is 1. The number of anilines is 2. The lowest BCUT2D eigenvalue weighted by molar-refractivity contribution is 0.0690. The van der Waals surface area contributed by atoms with Crippen molar-refractivity contribution in [1.82, 2.24) is 14.3 Å². The minimum atomic E-state index is -0.959. The van der Waals surface area contributed by atoms with Crippen molar-refractivity contribution in [3.8, 4) is 0 Å². The summed E-state index contributed by atoms with van der Waals surface area (Å²) in [7, 11) is 0. The zero-order valence-electron chi connectivity index (χ0n) is 18.7. The molecule has 1 aromatic carbocycles. The van der Waals surface area contributed by atoms with Crippen LogP contribution in [-0.2, 0) is 19.4 Å². The van der Waals surface area contributed by atoms with Gasteiger partial charge in [-0.15, -0.1) is 0 Å². The van der Waals surface area contributed by atoms with Gasteiger partial charge in [-0.25, -0.2) is 9.78 Å². The number of aromatic nitrogens is 2. The summed E-state index contributed by atoms with van der Waals surface area (Å²) in [5, 5.41) is 13.2. The second-order valence-corrected chi connectivity index (χ2v) is 8.74. The molecular weight excluding hydrogens is 402 g/mol. The normalized spacial score (nSPS) is 16.8. The van der Waals surface area contributed by atoms with E-state index in [1.807, 2.05) is 12.1 Å². The van der Waals surface area contributed by atoms with Crippen molar-refractivity contribution in [2.24, 2.45) is 0 Å². The number of rotatable bonds is 6. The Balaban J connectivity index is 1.41. The van der Waals surface area contributed by atoms with Crippen LogP contribution in [0.2, 0.25) is 0 Å². The topological polar surface area (TPSA) is 73.1 Å². The van der Waals surface area contributed by atoms with Crippen LogP contribution in [0.5, 0.6) is 0 Å². The molecule has 0 bridgehead atoms. The first-order chi connectivity index (χ1) is 15.7. The molecule has 0 amide bonds. The van der Waals surface area contributed by atoms with E-state index in [0.29, 0.717) is 17.9 Å². The highest BCUT2D eigenvalue weighted by atomic mass is 16.4. The van der Waals surface area contributed by atoms with Crippen LogP contribution >= 0.6 is 0 Å². The SMILES string of the molecule is CCN1CCN(c2ccc(CNc3ccc4nccn4c3C(=O)O)c3c2CCCC3)CC1. The highest BCUT2D eigenvalue weighted by Gasteiger charge is 2.23. The molecule has 0 spiro atoms. The molecule has 5 rings (SSSR count). The highest BCUT2D eigenvalue weighted by Crippen LogP contribution is 2.34. The van der Waals surface area contributed by atoms with Gasteiger partial charge in [-0.1, -0.05) is 13.0 Å². The molecule has 1 aliphatic heterocycles. The van der Waals surface area contributed by atoms with Gasteiger partial charge in [0.1, 0.15) is 5.65 Å². The molecule has 0 saturated carbocycles. The van der Waals surface area contributed by atoms with Crippen molar-refractivity contribution >= 4 is 23.0 Å². The molecular formula is C25H31N5O2. The maximum atomic E-state index is 11.9. The molecule has 168 valence electrons. The number of imidazole rings is 1. The molecule has 7 heteroatoms. The van der Waals surface area contributed by atoms with Crippen LogP contribution in [-0.4, -0.2) is 58.1 Å². The van der Waals surface area contributed by atoms with E-state index in [1.54, 1.807) is 16.8 Å². The third-order valence-corrected chi connectivity index (χ3v) is 7.00. The Labute approximate surface area is 188 Å². The Morgan fingerprint density at radius 2 is 1.84 bits per heavy atom.